The van der Waals surface area contributed by atoms with Crippen LogP contribution in [0.4, 0.5) is 0 Å². The smallest absolute Gasteiger partial charge is 0.348 e. The Morgan fingerprint density at radius 3 is 2.84 bits per heavy atom. The summed E-state index contributed by atoms with van der Waals surface area (Å²) in [4.78, 5) is 35.7. The molecule has 1 atom stereocenters. The first-order valence-electron chi connectivity index (χ1n) is 10.7. The van der Waals surface area contributed by atoms with Crippen molar-refractivity contribution >= 4 is 27.5 Å². The lowest BCUT2D eigenvalue weighted by molar-refractivity contribution is 0.0554. The molecule has 1 fully saturated rings. The van der Waals surface area contributed by atoms with Crippen LogP contribution < -0.4 is 5.56 Å². The van der Waals surface area contributed by atoms with Crippen LogP contribution in [0.25, 0.3) is 10.2 Å². The largest absolute Gasteiger partial charge is 0.457 e. The summed E-state index contributed by atoms with van der Waals surface area (Å²) in [6.07, 6.45) is 3.71. The predicted molar refractivity (Wildman–Crippen MR) is 125 cm³/mol. The number of hydrogen-bond donors (Lipinski definition) is 2. The third-order valence-corrected chi connectivity index (χ3v) is 6.71. The number of nitrogens with zero attached hydrogens (tertiary/aromatic N) is 2. The number of aryl methyl sites for hydroxylation is 1. The van der Waals surface area contributed by atoms with Crippen LogP contribution in [0.5, 0.6) is 0 Å². The van der Waals surface area contributed by atoms with E-state index in [9.17, 15) is 14.7 Å². The van der Waals surface area contributed by atoms with Crippen LogP contribution in [0.2, 0.25) is 0 Å². The lowest BCUT2D eigenvalue weighted by Gasteiger charge is -2.24. The number of aromatic amines is 1. The number of aliphatic hydroxyl groups is 1. The number of aromatic nitrogens is 2. The van der Waals surface area contributed by atoms with Crippen LogP contribution in [0.15, 0.2) is 47.8 Å². The van der Waals surface area contributed by atoms with E-state index in [0.717, 1.165) is 18.4 Å². The van der Waals surface area contributed by atoms with Gasteiger partial charge in [-0.2, -0.15) is 0 Å². The number of nitrogens with one attached hydrogen (secondary N) is 1. The molecule has 1 aliphatic rings. The van der Waals surface area contributed by atoms with E-state index in [2.05, 4.69) is 21.4 Å². The number of rotatable bonds is 10. The maximum Gasteiger partial charge on any atom is 0.348 e. The van der Waals surface area contributed by atoms with Gasteiger partial charge in [0.1, 0.15) is 22.1 Å². The van der Waals surface area contributed by atoms with Crippen LogP contribution in [-0.2, 0) is 17.7 Å². The van der Waals surface area contributed by atoms with Crippen molar-refractivity contribution < 1.29 is 14.6 Å². The molecule has 4 rings (SSSR count). The Balaban J connectivity index is 1.52. The van der Waals surface area contributed by atoms with Gasteiger partial charge in [-0.1, -0.05) is 43.0 Å². The van der Waals surface area contributed by atoms with E-state index >= 15 is 0 Å². The molecule has 32 heavy (non-hydrogen) atoms. The van der Waals surface area contributed by atoms with E-state index in [0.29, 0.717) is 52.0 Å². The number of thiophene rings is 1. The van der Waals surface area contributed by atoms with Gasteiger partial charge in [-0.15, -0.1) is 11.3 Å². The van der Waals surface area contributed by atoms with Gasteiger partial charge in [0.05, 0.1) is 18.0 Å². The standard InChI is InChI=1S/C24H27N3O4S/c1-3-11-31-24(30)21-15(2)20-22(29)25-19(26-23(20)32-21)14-27(17-9-10-17)13-18(28)12-16-7-5-4-6-8-16/h3-8,17-18,28H,1,9-14H2,2H3,(H,25,26,29). The summed E-state index contributed by atoms with van der Waals surface area (Å²) in [5, 5.41) is 11.1. The molecule has 1 unspecified atom stereocenters. The molecule has 0 radical (unpaired) electrons. The van der Waals surface area contributed by atoms with E-state index < -0.39 is 12.1 Å². The number of esters is 1. The van der Waals surface area contributed by atoms with E-state index in [1.165, 1.54) is 17.4 Å². The van der Waals surface area contributed by atoms with E-state index in [4.69, 9.17) is 4.74 Å². The fourth-order valence-corrected chi connectivity index (χ4v) is 4.95. The highest BCUT2D eigenvalue weighted by Crippen LogP contribution is 2.30. The number of H-pyrrole nitrogens is 1. The molecule has 1 saturated carbocycles. The predicted octanol–water partition coefficient (Wildman–Crippen LogP) is 3.20. The Hall–Kier alpha value is -2.81. The molecule has 1 aliphatic carbocycles. The first-order valence-corrected chi connectivity index (χ1v) is 11.5. The summed E-state index contributed by atoms with van der Waals surface area (Å²) in [7, 11) is 0. The number of carbonyl (C=O) groups excluding carboxylic acids is 1. The number of hydrogen-bond acceptors (Lipinski definition) is 7. The minimum absolute atomic E-state index is 0.114. The van der Waals surface area contributed by atoms with Crippen LogP contribution in [0.1, 0.15) is 39.5 Å². The molecule has 2 N–H and O–H groups in total. The van der Waals surface area contributed by atoms with Crippen molar-refractivity contribution in [2.45, 2.75) is 44.9 Å². The minimum atomic E-state index is -0.510. The number of carbonyl (C=O) groups is 1. The van der Waals surface area contributed by atoms with Gasteiger partial charge >= 0.3 is 5.97 Å². The lowest BCUT2D eigenvalue weighted by atomic mass is 10.1. The molecular weight excluding hydrogens is 426 g/mol. The summed E-state index contributed by atoms with van der Waals surface area (Å²) in [5.74, 6) is 0.0589. The zero-order chi connectivity index (χ0) is 22.7. The van der Waals surface area contributed by atoms with E-state index in [1.807, 2.05) is 30.3 Å². The van der Waals surface area contributed by atoms with Gasteiger partial charge in [0.25, 0.3) is 5.56 Å². The average molecular weight is 454 g/mol. The van der Waals surface area contributed by atoms with E-state index in [1.54, 1.807) is 6.92 Å². The van der Waals surface area contributed by atoms with Gasteiger partial charge in [0.2, 0.25) is 0 Å². The summed E-state index contributed by atoms with van der Waals surface area (Å²) in [6, 6.07) is 10.3. The average Bonchev–Trinajstić information content (AvgIpc) is 3.56. The molecule has 2 heterocycles. The molecule has 0 amide bonds. The van der Waals surface area contributed by atoms with Crippen LogP contribution in [0, 0.1) is 6.92 Å². The summed E-state index contributed by atoms with van der Waals surface area (Å²) < 4.78 is 5.13. The second-order valence-corrected chi connectivity index (χ2v) is 9.14. The number of ether oxygens (including phenoxy) is 1. The Bertz CT molecular complexity index is 1170. The van der Waals surface area contributed by atoms with Crippen molar-refractivity contribution in [3.8, 4) is 0 Å². The Kier molecular flexibility index (Phi) is 6.83. The first-order chi connectivity index (χ1) is 15.5. The molecule has 168 valence electrons. The second kappa shape index (κ2) is 9.77. The molecule has 8 heteroatoms. The molecule has 0 spiro atoms. The maximum atomic E-state index is 12.8. The Labute approximate surface area is 190 Å². The van der Waals surface area contributed by atoms with Gasteiger partial charge in [0.15, 0.2) is 0 Å². The van der Waals surface area contributed by atoms with Gasteiger partial charge in [0, 0.05) is 12.6 Å². The van der Waals surface area contributed by atoms with Crippen LogP contribution in [0.3, 0.4) is 0 Å². The maximum absolute atomic E-state index is 12.8. The highest BCUT2D eigenvalue weighted by Gasteiger charge is 2.31. The zero-order valence-corrected chi connectivity index (χ0v) is 18.9. The van der Waals surface area contributed by atoms with Crippen molar-refractivity contribution in [1.82, 2.24) is 14.9 Å². The minimum Gasteiger partial charge on any atom is -0.457 e. The van der Waals surface area contributed by atoms with Gasteiger partial charge in [-0.25, -0.2) is 9.78 Å². The molecule has 0 bridgehead atoms. The summed E-state index contributed by atoms with van der Waals surface area (Å²) >= 11 is 1.17. The molecule has 0 saturated heterocycles. The van der Waals surface area contributed by atoms with Crippen LogP contribution >= 0.6 is 11.3 Å². The molecule has 0 aliphatic heterocycles. The lowest BCUT2D eigenvalue weighted by Crippen LogP contribution is -2.35. The van der Waals surface area contributed by atoms with Gasteiger partial charge in [-0.3, -0.25) is 9.69 Å². The molecular formula is C24H27N3O4S. The first kappa shape index (κ1) is 22.4. The van der Waals surface area contributed by atoms with Gasteiger partial charge < -0.3 is 14.8 Å². The number of benzene rings is 1. The molecule has 3 aromatic rings. The SMILES string of the molecule is C=CCOC(=O)c1sc2nc(CN(CC(O)Cc3ccccc3)C3CC3)[nH]c(=O)c2c1C. The summed E-state index contributed by atoms with van der Waals surface area (Å²) in [5.41, 5.74) is 1.41. The molecule has 2 aromatic heterocycles. The van der Waals surface area contributed by atoms with E-state index in [-0.39, 0.29) is 12.2 Å². The zero-order valence-electron chi connectivity index (χ0n) is 18.0. The highest BCUT2D eigenvalue weighted by atomic mass is 32.1. The molecule has 7 nitrogen and oxygen atoms in total. The van der Waals surface area contributed by atoms with Gasteiger partial charge in [-0.05, 0) is 37.3 Å². The Morgan fingerprint density at radius 2 is 2.16 bits per heavy atom. The number of aliphatic hydroxyl groups excluding tert-OH is 1. The summed E-state index contributed by atoms with van der Waals surface area (Å²) in [6.45, 7) is 6.33. The van der Waals surface area contributed by atoms with Crippen molar-refractivity contribution in [3.05, 3.63) is 75.2 Å². The topological polar surface area (TPSA) is 95.5 Å². The van der Waals surface area contributed by atoms with Crippen molar-refractivity contribution in [1.29, 1.82) is 0 Å². The monoisotopic (exact) mass is 453 g/mol. The third kappa shape index (κ3) is 5.15. The van der Waals surface area contributed by atoms with Crippen molar-refractivity contribution in [2.24, 2.45) is 0 Å². The third-order valence-electron chi connectivity index (χ3n) is 5.54. The van der Waals surface area contributed by atoms with Crippen molar-refractivity contribution in [3.63, 3.8) is 0 Å². The highest BCUT2D eigenvalue weighted by molar-refractivity contribution is 7.20. The molecule has 1 aromatic carbocycles. The fraction of sp³-hybridized carbons (Fsp3) is 0.375. The fourth-order valence-electron chi connectivity index (χ4n) is 3.85. The van der Waals surface area contributed by atoms with Crippen LogP contribution in [-0.4, -0.2) is 51.2 Å². The normalized spacial score (nSPS) is 14.6. The Morgan fingerprint density at radius 1 is 1.41 bits per heavy atom. The quantitative estimate of drug-likeness (QED) is 0.362. The second-order valence-electron chi connectivity index (χ2n) is 8.14. The number of fused-ring (bicyclic) bond motifs is 1. The van der Waals surface area contributed by atoms with Crippen molar-refractivity contribution in [2.75, 3.05) is 13.2 Å².